The number of carbonyl (C=O) groups excluding carboxylic acids is 1. The second-order valence-corrected chi connectivity index (χ2v) is 7.81. The van der Waals surface area contributed by atoms with Crippen LogP contribution in [0, 0.1) is 0 Å². The van der Waals surface area contributed by atoms with Crippen LogP contribution >= 0.6 is 11.3 Å². The first-order valence-corrected chi connectivity index (χ1v) is 10.0. The second-order valence-electron chi connectivity index (χ2n) is 6.86. The van der Waals surface area contributed by atoms with Gasteiger partial charge in [0.2, 0.25) is 0 Å². The van der Waals surface area contributed by atoms with Gasteiger partial charge in [-0.2, -0.15) is 5.10 Å². The van der Waals surface area contributed by atoms with E-state index in [1.54, 1.807) is 11.3 Å². The fourth-order valence-electron chi connectivity index (χ4n) is 3.86. The van der Waals surface area contributed by atoms with Crippen LogP contribution in [0.3, 0.4) is 0 Å². The molecule has 6 nitrogen and oxygen atoms in total. The zero-order valence-electron chi connectivity index (χ0n) is 14.7. The highest BCUT2D eigenvalue weighted by molar-refractivity contribution is 7.13. The van der Waals surface area contributed by atoms with Crippen LogP contribution in [0.25, 0.3) is 10.6 Å². The number of aromatic nitrogens is 2. The number of rotatable bonds is 4. The van der Waals surface area contributed by atoms with E-state index in [0.29, 0.717) is 12.1 Å². The number of carbonyl (C=O) groups is 1. The lowest BCUT2D eigenvalue weighted by atomic mass is 10.0. The van der Waals surface area contributed by atoms with Crippen molar-refractivity contribution >= 4 is 22.9 Å². The van der Waals surface area contributed by atoms with Gasteiger partial charge in [0.1, 0.15) is 6.17 Å². The smallest absolute Gasteiger partial charge is 0.257 e. The molecule has 2 aliphatic rings. The van der Waals surface area contributed by atoms with Gasteiger partial charge in [-0.1, -0.05) is 18.2 Å². The van der Waals surface area contributed by atoms with Crippen molar-refractivity contribution in [1.29, 1.82) is 0 Å². The van der Waals surface area contributed by atoms with Crippen molar-refractivity contribution < 1.29 is 9.53 Å². The summed E-state index contributed by atoms with van der Waals surface area (Å²) >= 11 is 1.65. The highest BCUT2D eigenvalue weighted by Gasteiger charge is 2.36. The van der Waals surface area contributed by atoms with Gasteiger partial charge in [0.25, 0.3) is 5.91 Å². The first-order valence-electron chi connectivity index (χ1n) is 9.16. The maximum absolute atomic E-state index is 13.3. The summed E-state index contributed by atoms with van der Waals surface area (Å²) in [5.74, 6) is 0.0307. The molecule has 4 heterocycles. The van der Waals surface area contributed by atoms with Crippen LogP contribution in [0.5, 0.6) is 0 Å². The molecule has 138 valence electrons. The number of hydrogen-bond donors (Lipinski definition) is 2. The Morgan fingerprint density at radius 3 is 3.00 bits per heavy atom. The standard InChI is InChI=1S/C20H20N4O2S/c25-20-14-6-1-2-7-16(14)22-19(24(20)12-13-5-3-9-26-13)15-11-21-23-18(15)17-8-4-10-27-17/h1-2,4,6-8,10-11,13,19,22H,3,5,9,12H2,(H,21,23). The minimum atomic E-state index is -0.285. The van der Waals surface area contributed by atoms with Gasteiger partial charge in [-0.25, -0.2) is 0 Å². The third kappa shape index (κ3) is 2.93. The highest BCUT2D eigenvalue weighted by atomic mass is 32.1. The molecular formula is C20H20N4O2S. The number of aromatic amines is 1. The van der Waals surface area contributed by atoms with E-state index in [4.69, 9.17) is 4.74 Å². The van der Waals surface area contributed by atoms with Crippen LogP contribution in [-0.4, -0.2) is 40.3 Å². The lowest BCUT2D eigenvalue weighted by Crippen LogP contribution is -2.46. The third-order valence-corrected chi connectivity index (χ3v) is 6.06. The molecule has 1 saturated heterocycles. The van der Waals surface area contributed by atoms with Gasteiger partial charge in [0.05, 0.1) is 28.4 Å². The van der Waals surface area contributed by atoms with Crippen LogP contribution < -0.4 is 5.32 Å². The number of amides is 1. The molecule has 0 spiro atoms. The fraction of sp³-hybridized carbons (Fsp3) is 0.300. The molecule has 0 bridgehead atoms. The molecule has 0 radical (unpaired) electrons. The Bertz CT molecular complexity index is 947. The number of nitrogens with one attached hydrogen (secondary N) is 2. The van der Waals surface area contributed by atoms with Crippen LogP contribution in [0.1, 0.15) is 34.9 Å². The predicted octanol–water partition coefficient (Wildman–Crippen LogP) is 3.88. The minimum absolute atomic E-state index is 0.0307. The summed E-state index contributed by atoms with van der Waals surface area (Å²) in [5.41, 5.74) is 3.48. The summed E-state index contributed by atoms with van der Waals surface area (Å²) in [7, 11) is 0. The number of para-hydroxylation sites is 1. The average molecular weight is 380 g/mol. The molecule has 1 aromatic carbocycles. The van der Waals surface area contributed by atoms with E-state index < -0.39 is 0 Å². The molecule has 2 N–H and O–H groups in total. The molecule has 2 atom stereocenters. The maximum atomic E-state index is 13.3. The van der Waals surface area contributed by atoms with Crippen molar-refractivity contribution in [2.45, 2.75) is 25.1 Å². The summed E-state index contributed by atoms with van der Waals surface area (Å²) in [6.07, 6.45) is 3.65. The van der Waals surface area contributed by atoms with Gasteiger partial charge in [0, 0.05) is 24.4 Å². The number of hydrogen-bond acceptors (Lipinski definition) is 5. The Morgan fingerprint density at radius 2 is 2.19 bits per heavy atom. The molecule has 2 aliphatic heterocycles. The van der Waals surface area contributed by atoms with E-state index in [0.717, 1.165) is 41.3 Å². The zero-order chi connectivity index (χ0) is 18.2. The van der Waals surface area contributed by atoms with Gasteiger partial charge < -0.3 is 15.0 Å². The zero-order valence-corrected chi connectivity index (χ0v) is 15.5. The predicted molar refractivity (Wildman–Crippen MR) is 105 cm³/mol. The van der Waals surface area contributed by atoms with E-state index >= 15 is 0 Å². The van der Waals surface area contributed by atoms with Crippen LogP contribution in [0.2, 0.25) is 0 Å². The van der Waals surface area contributed by atoms with Crippen molar-refractivity contribution in [2.75, 3.05) is 18.5 Å². The molecule has 1 fully saturated rings. The van der Waals surface area contributed by atoms with Gasteiger partial charge in [-0.3, -0.25) is 9.89 Å². The van der Waals surface area contributed by atoms with Crippen molar-refractivity contribution in [3.63, 3.8) is 0 Å². The average Bonchev–Trinajstić information content (AvgIpc) is 3.46. The number of H-pyrrole nitrogens is 1. The summed E-state index contributed by atoms with van der Waals surface area (Å²) in [5, 5.41) is 13.0. The number of anilines is 1. The fourth-order valence-corrected chi connectivity index (χ4v) is 4.60. The monoisotopic (exact) mass is 380 g/mol. The Morgan fingerprint density at radius 1 is 1.26 bits per heavy atom. The molecule has 0 saturated carbocycles. The summed E-state index contributed by atoms with van der Waals surface area (Å²) < 4.78 is 5.82. The van der Waals surface area contributed by atoms with Gasteiger partial charge >= 0.3 is 0 Å². The van der Waals surface area contributed by atoms with Gasteiger partial charge in [-0.15, -0.1) is 11.3 Å². The van der Waals surface area contributed by atoms with Crippen molar-refractivity contribution in [2.24, 2.45) is 0 Å². The molecule has 7 heteroatoms. The number of nitrogens with zero attached hydrogens (tertiary/aromatic N) is 2. The molecule has 1 amide bonds. The SMILES string of the molecule is O=C1c2ccccc2NC(c2cn[nH]c2-c2cccs2)N1CC1CCCO1. The van der Waals surface area contributed by atoms with Crippen LogP contribution in [-0.2, 0) is 4.74 Å². The first kappa shape index (κ1) is 16.5. The molecule has 2 aromatic heterocycles. The molecule has 3 aromatic rings. The van der Waals surface area contributed by atoms with Crippen molar-refractivity contribution in [1.82, 2.24) is 15.1 Å². The number of thiophene rings is 1. The summed E-state index contributed by atoms with van der Waals surface area (Å²) in [4.78, 5) is 16.3. The maximum Gasteiger partial charge on any atom is 0.257 e. The van der Waals surface area contributed by atoms with Gasteiger partial charge in [0.15, 0.2) is 0 Å². The molecule has 27 heavy (non-hydrogen) atoms. The van der Waals surface area contributed by atoms with Crippen molar-refractivity contribution in [3.8, 4) is 10.6 Å². The van der Waals surface area contributed by atoms with E-state index in [9.17, 15) is 4.79 Å². The first-order chi connectivity index (χ1) is 13.3. The normalized spacial score (nSPS) is 21.9. The van der Waals surface area contributed by atoms with E-state index in [1.807, 2.05) is 46.8 Å². The second kappa shape index (κ2) is 6.83. The molecular weight excluding hydrogens is 360 g/mol. The van der Waals surface area contributed by atoms with E-state index in [2.05, 4.69) is 21.6 Å². The number of ether oxygens (including phenoxy) is 1. The Hall–Kier alpha value is -2.64. The lowest BCUT2D eigenvalue weighted by Gasteiger charge is -2.39. The number of benzene rings is 1. The molecule has 2 unspecified atom stereocenters. The Kier molecular flexibility index (Phi) is 4.18. The highest BCUT2D eigenvalue weighted by Crippen LogP contribution is 2.38. The quantitative estimate of drug-likeness (QED) is 0.721. The lowest BCUT2D eigenvalue weighted by molar-refractivity contribution is 0.0427. The van der Waals surface area contributed by atoms with Crippen molar-refractivity contribution in [3.05, 3.63) is 59.1 Å². The van der Waals surface area contributed by atoms with E-state index in [-0.39, 0.29) is 18.2 Å². The Balaban J connectivity index is 1.56. The largest absolute Gasteiger partial charge is 0.376 e. The topological polar surface area (TPSA) is 70.2 Å². The number of fused-ring (bicyclic) bond motifs is 1. The third-order valence-electron chi connectivity index (χ3n) is 5.18. The summed E-state index contributed by atoms with van der Waals surface area (Å²) in [6, 6.07) is 11.8. The van der Waals surface area contributed by atoms with Gasteiger partial charge in [-0.05, 0) is 36.4 Å². The molecule has 0 aliphatic carbocycles. The minimum Gasteiger partial charge on any atom is -0.376 e. The summed E-state index contributed by atoms with van der Waals surface area (Å²) in [6.45, 7) is 1.34. The molecule has 5 rings (SSSR count). The van der Waals surface area contributed by atoms with E-state index in [1.165, 1.54) is 0 Å². The Labute approximate surface area is 161 Å². The van der Waals surface area contributed by atoms with Crippen LogP contribution in [0.15, 0.2) is 48.0 Å². The van der Waals surface area contributed by atoms with Crippen LogP contribution in [0.4, 0.5) is 5.69 Å².